The van der Waals surface area contributed by atoms with Gasteiger partial charge in [0.2, 0.25) is 0 Å². The first kappa shape index (κ1) is 11.3. The molecule has 0 amide bonds. The molecule has 0 fully saturated rings. The molecule has 1 aromatic carbocycles. The number of benzene rings is 1. The van der Waals surface area contributed by atoms with Crippen molar-refractivity contribution in [3.05, 3.63) is 53.6 Å². The maximum absolute atomic E-state index is 5.76. The van der Waals surface area contributed by atoms with Crippen LogP contribution in [0.25, 0.3) is 0 Å². The fourth-order valence-corrected chi connectivity index (χ4v) is 1.26. The average molecular weight is 248 g/mol. The Labute approximate surface area is 103 Å². The summed E-state index contributed by atoms with van der Waals surface area (Å²) < 4.78 is 0. The minimum Gasteiger partial charge on any atom is -0.380 e. The van der Waals surface area contributed by atoms with Crippen LogP contribution in [0.3, 0.4) is 0 Å². The Kier molecular flexibility index (Phi) is 3.52. The fraction of sp³-hybridized carbons (Fsp3) is 0. The Hall–Kier alpha value is -2.14. The van der Waals surface area contributed by atoms with Crippen LogP contribution in [0.15, 0.2) is 48.0 Å². The van der Waals surface area contributed by atoms with Crippen LogP contribution in [0.2, 0.25) is 5.02 Å². The molecule has 5 nitrogen and oxygen atoms in total. The zero-order valence-corrected chi connectivity index (χ0v) is 9.59. The fourth-order valence-electron chi connectivity index (χ4n) is 1.14. The molecule has 2 aromatic rings. The zero-order chi connectivity index (χ0) is 12.1. The summed E-state index contributed by atoms with van der Waals surface area (Å²) in [6.07, 6.45) is 4.67. The number of rotatable bonds is 3. The van der Waals surface area contributed by atoms with E-state index in [4.69, 9.17) is 17.3 Å². The summed E-state index contributed by atoms with van der Waals surface area (Å²) in [5.41, 5.74) is 9.85. The lowest BCUT2D eigenvalue weighted by molar-refractivity contribution is 1.16. The second kappa shape index (κ2) is 5.27. The van der Waals surface area contributed by atoms with Gasteiger partial charge in [0.25, 0.3) is 0 Å². The van der Waals surface area contributed by atoms with Crippen LogP contribution in [-0.4, -0.2) is 15.8 Å². The van der Waals surface area contributed by atoms with Crippen molar-refractivity contribution in [3.63, 3.8) is 0 Å². The molecule has 0 aliphatic rings. The van der Waals surface area contributed by atoms with E-state index in [1.165, 1.54) is 0 Å². The van der Waals surface area contributed by atoms with Crippen molar-refractivity contribution in [1.29, 1.82) is 0 Å². The highest BCUT2D eigenvalue weighted by Crippen LogP contribution is 2.13. The van der Waals surface area contributed by atoms with Crippen LogP contribution >= 0.6 is 11.6 Å². The van der Waals surface area contributed by atoms with Crippen molar-refractivity contribution in [2.24, 2.45) is 10.8 Å². The summed E-state index contributed by atoms with van der Waals surface area (Å²) in [6, 6.07) is 7.13. The molecule has 86 valence electrons. The summed E-state index contributed by atoms with van der Waals surface area (Å²) in [4.78, 5) is 7.93. The first-order chi connectivity index (χ1) is 8.25. The van der Waals surface area contributed by atoms with Crippen molar-refractivity contribution in [3.8, 4) is 0 Å². The maximum atomic E-state index is 5.76. The molecule has 17 heavy (non-hydrogen) atoms. The Morgan fingerprint density at radius 3 is 2.65 bits per heavy atom. The quantitative estimate of drug-likeness (QED) is 0.493. The van der Waals surface area contributed by atoms with Gasteiger partial charge in [-0.15, -0.1) is 0 Å². The number of aromatic nitrogens is 2. The Morgan fingerprint density at radius 1 is 1.24 bits per heavy atom. The zero-order valence-electron chi connectivity index (χ0n) is 8.84. The van der Waals surface area contributed by atoms with E-state index in [2.05, 4.69) is 20.5 Å². The Morgan fingerprint density at radius 2 is 2.00 bits per heavy atom. The van der Waals surface area contributed by atoms with Crippen LogP contribution in [0.4, 0.5) is 5.69 Å². The number of hydrazone groups is 1. The second-order valence-electron chi connectivity index (χ2n) is 3.21. The van der Waals surface area contributed by atoms with Crippen LogP contribution < -0.4 is 11.2 Å². The van der Waals surface area contributed by atoms with E-state index in [-0.39, 0.29) is 5.84 Å². The molecule has 0 aliphatic heterocycles. The van der Waals surface area contributed by atoms with Gasteiger partial charge in [0.1, 0.15) is 5.69 Å². The number of nitrogens with two attached hydrogens (primary N) is 1. The summed E-state index contributed by atoms with van der Waals surface area (Å²) in [5.74, 6) is 0.271. The number of nitrogens with one attached hydrogen (secondary N) is 1. The van der Waals surface area contributed by atoms with Gasteiger partial charge < -0.3 is 5.73 Å². The van der Waals surface area contributed by atoms with E-state index in [9.17, 15) is 0 Å². The molecular weight excluding hydrogens is 238 g/mol. The molecule has 0 unspecified atom stereocenters. The van der Waals surface area contributed by atoms with E-state index in [0.717, 1.165) is 5.69 Å². The van der Waals surface area contributed by atoms with Gasteiger partial charge >= 0.3 is 0 Å². The number of halogens is 1. The molecule has 0 saturated heterocycles. The van der Waals surface area contributed by atoms with Gasteiger partial charge in [-0.25, -0.2) is 4.98 Å². The molecule has 3 N–H and O–H groups in total. The van der Waals surface area contributed by atoms with Crippen molar-refractivity contribution < 1.29 is 0 Å². The first-order valence-corrected chi connectivity index (χ1v) is 5.24. The first-order valence-electron chi connectivity index (χ1n) is 4.87. The second-order valence-corrected chi connectivity index (χ2v) is 3.64. The highest BCUT2D eigenvalue weighted by molar-refractivity contribution is 6.30. The van der Waals surface area contributed by atoms with E-state index in [0.29, 0.717) is 10.7 Å². The van der Waals surface area contributed by atoms with E-state index in [1.807, 2.05) is 0 Å². The predicted molar refractivity (Wildman–Crippen MR) is 67.8 cm³/mol. The van der Waals surface area contributed by atoms with Gasteiger partial charge in [-0.3, -0.25) is 10.4 Å². The number of nitrogens with zero attached hydrogens (tertiary/aromatic N) is 3. The minimum atomic E-state index is 0.271. The van der Waals surface area contributed by atoms with Crippen molar-refractivity contribution >= 4 is 23.1 Å². The van der Waals surface area contributed by atoms with Gasteiger partial charge in [0.15, 0.2) is 5.84 Å². The SMILES string of the molecule is NC(=NNc1ccc(Cl)cc1)c1cnccn1. The molecule has 1 heterocycles. The smallest absolute Gasteiger partial charge is 0.171 e. The molecule has 1 aromatic heterocycles. The minimum absolute atomic E-state index is 0.271. The normalized spacial score (nSPS) is 11.2. The molecule has 0 aliphatic carbocycles. The van der Waals surface area contributed by atoms with Crippen molar-refractivity contribution in [1.82, 2.24) is 9.97 Å². The Balaban J connectivity index is 2.08. The monoisotopic (exact) mass is 247 g/mol. The Bertz CT molecular complexity index is 509. The number of anilines is 1. The highest BCUT2D eigenvalue weighted by atomic mass is 35.5. The van der Waals surface area contributed by atoms with E-state index < -0.39 is 0 Å². The summed E-state index contributed by atoms with van der Waals surface area (Å²) in [7, 11) is 0. The summed E-state index contributed by atoms with van der Waals surface area (Å²) >= 11 is 5.76. The van der Waals surface area contributed by atoms with Crippen LogP contribution in [0.5, 0.6) is 0 Å². The standard InChI is InChI=1S/C11H10ClN5/c12-8-1-3-9(4-2-8)16-17-11(13)10-7-14-5-6-15-10/h1-7,16H,(H2,13,17). The lowest BCUT2D eigenvalue weighted by Gasteiger charge is -2.02. The van der Waals surface area contributed by atoms with Crippen LogP contribution in [0, 0.1) is 0 Å². The topological polar surface area (TPSA) is 76.2 Å². The third-order valence-electron chi connectivity index (χ3n) is 1.98. The van der Waals surface area contributed by atoms with Crippen LogP contribution in [0.1, 0.15) is 5.69 Å². The predicted octanol–water partition coefficient (Wildman–Crippen LogP) is 1.86. The molecule has 0 spiro atoms. The number of hydrogen-bond donors (Lipinski definition) is 2. The van der Waals surface area contributed by atoms with Crippen molar-refractivity contribution in [2.45, 2.75) is 0 Å². The molecule has 0 atom stereocenters. The molecule has 0 bridgehead atoms. The lowest BCUT2D eigenvalue weighted by atomic mass is 10.3. The molecule has 2 rings (SSSR count). The molecule has 0 radical (unpaired) electrons. The van der Waals surface area contributed by atoms with Gasteiger partial charge in [-0.05, 0) is 24.3 Å². The lowest BCUT2D eigenvalue weighted by Crippen LogP contribution is -2.17. The highest BCUT2D eigenvalue weighted by Gasteiger charge is 1.98. The summed E-state index contributed by atoms with van der Waals surface area (Å²) in [6.45, 7) is 0. The number of amidine groups is 1. The largest absolute Gasteiger partial charge is 0.380 e. The van der Waals surface area contributed by atoms with Crippen LogP contribution in [-0.2, 0) is 0 Å². The molecular formula is C11H10ClN5. The third kappa shape index (κ3) is 3.15. The van der Waals surface area contributed by atoms with Gasteiger partial charge in [0.05, 0.1) is 11.9 Å². The molecule has 0 saturated carbocycles. The van der Waals surface area contributed by atoms with Gasteiger partial charge in [-0.2, -0.15) is 5.10 Å². The summed E-state index contributed by atoms with van der Waals surface area (Å²) in [5, 5.41) is 4.66. The maximum Gasteiger partial charge on any atom is 0.171 e. The number of hydrogen-bond acceptors (Lipinski definition) is 4. The van der Waals surface area contributed by atoms with E-state index in [1.54, 1.807) is 42.9 Å². The molecule has 6 heteroatoms. The van der Waals surface area contributed by atoms with Crippen molar-refractivity contribution in [2.75, 3.05) is 5.43 Å². The van der Waals surface area contributed by atoms with Gasteiger partial charge in [-0.1, -0.05) is 11.6 Å². The third-order valence-corrected chi connectivity index (χ3v) is 2.23. The average Bonchev–Trinajstić information content (AvgIpc) is 2.39. The van der Waals surface area contributed by atoms with Gasteiger partial charge in [0, 0.05) is 17.4 Å². The van der Waals surface area contributed by atoms with E-state index >= 15 is 0 Å².